The van der Waals surface area contributed by atoms with Crippen molar-refractivity contribution in [2.75, 3.05) is 13.2 Å². The molecule has 0 saturated carbocycles. The molecule has 1 heterocycles. The zero-order chi connectivity index (χ0) is 12.3. The SMILES string of the molecule is CCCCCCOc1nc(CNCCC)co1. The van der Waals surface area contributed by atoms with Gasteiger partial charge in [-0.25, -0.2) is 0 Å². The minimum absolute atomic E-state index is 0.398. The van der Waals surface area contributed by atoms with Gasteiger partial charge in [0.05, 0.1) is 12.3 Å². The lowest BCUT2D eigenvalue weighted by atomic mass is 10.2. The molecule has 0 aliphatic rings. The van der Waals surface area contributed by atoms with E-state index in [1.54, 1.807) is 6.26 Å². The van der Waals surface area contributed by atoms with E-state index in [1.165, 1.54) is 19.3 Å². The molecule has 0 bridgehead atoms. The molecule has 0 amide bonds. The normalized spacial score (nSPS) is 10.7. The van der Waals surface area contributed by atoms with Crippen LogP contribution >= 0.6 is 0 Å². The number of hydrogen-bond acceptors (Lipinski definition) is 4. The van der Waals surface area contributed by atoms with Gasteiger partial charge in [0.15, 0.2) is 0 Å². The van der Waals surface area contributed by atoms with Crippen molar-refractivity contribution >= 4 is 0 Å². The Bertz CT molecular complexity index is 287. The smallest absolute Gasteiger partial charge is 0.393 e. The second kappa shape index (κ2) is 9.05. The van der Waals surface area contributed by atoms with E-state index in [1.807, 2.05) is 0 Å². The fraction of sp³-hybridized carbons (Fsp3) is 0.769. The first kappa shape index (κ1) is 14.0. The van der Waals surface area contributed by atoms with Crippen molar-refractivity contribution in [1.29, 1.82) is 0 Å². The third kappa shape index (κ3) is 6.31. The summed E-state index contributed by atoms with van der Waals surface area (Å²) >= 11 is 0. The van der Waals surface area contributed by atoms with Crippen LogP contribution in [0.5, 0.6) is 6.08 Å². The van der Waals surface area contributed by atoms with Crippen molar-refractivity contribution < 1.29 is 9.15 Å². The maximum Gasteiger partial charge on any atom is 0.393 e. The Kier molecular flexibility index (Phi) is 7.47. The number of unbranched alkanes of at least 4 members (excludes halogenated alkanes) is 3. The highest BCUT2D eigenvalue weighted by Crippen LogP contribution is 2.11. The van der Waals surface area contributed by atoms with Crippen LogP contribution in [-0.2, 0) is 6.54 Å². The number of rotatable bonds is 10. The molecule has 0 atom stereocenters. The van der Waals surface area contributed by atoms with E-state index in [-0.39, 0.29) is 0 Å². The molecule has 0 aromatic carbocycles. The van der Waals surface area contributed by atoms with Crippen LogP contribution in [-0.4, -0.2) is 18.1 Å². The van der Waals surface area contributed by atoms with Crippen LogP contribution in [0.15, 0.2) is 10.7 Å². The molecule has 4 heteroatoms. The number of hydrogen-bond donors (Lipinski definition) is 1. The summed E-state index contributed by atoms with van der Waals surface area (Å²) in [7, 11) is 0. The Morgan fingerprint density at radius 3 is 2.88 bits per heavy atom. The zero-order valence-corrected chi connectivity index (χ0v) is 11.0. The molecule has 0 spiro atoms. The number of oxazole rings is 1. The number of nitrogens with zero attached hydrogens (tertiary/aromatic N) is 1. The number of aromatic nitrogens is 1. The van der Waals surface area contributed by atoms with Gasteiger partial charge in [-0.3, -0.25) is 0 Å². The average Bonchev–Trinajstić information content (AvgIpc) is 2.77. The Morgan fingerprint density at radius 2 is 2.12 bits per heavy atom. The fourth-order valence-electron chi connectivity index (χ4n) is 1.52. The molecular weight excluding hydrogens is 216 g/mol. The van der Waals surface area contributed by atoms with Crippen molar-refractivity contribution in [2.24, 2.45) is 0 Å². The summed E-state index contributed by atoms with van der Waals surface area (Å²) in [6, 6.07) is 0. The van der Waals surface area contributed by atoms with Gasteiger partial charge in [0.25, 0.3) is 0 Å². The molecule has 17 heavy (non-hydrogen) atoms. The lowest BCUT2D eigenvalue weighted by Gasteiger charge is -2.00. The molecule has 4 nitrogen and oxygen atoms in total. The van der Waals surface area contributed by atoms with Gasteiger partial charge in [-0.05, 0) is 19.4 Å². The zero-order valence-electron chi connectivity index (χ0n) is 11.0. The molecule has 98 valence electrons. The maximum absolute atomic E-state index is 5.43. The topological polar surface area (TPSA) is 47.3 Å². The Hall–Kier alpha value is -1.03. The van der Waals surface area contributed by atoms with Gasteiger partial charge in [-0.1, -0.05) is 33.1 Å². The Labute approximate surface area is 104 Å². The minimum atomic E-state index is 0.398. The standard InChI is InChI=1S/C13H24N2O2/c1-3-5-6-7-9-16-13-15-12(11-17-13)10-14-8-4-2/h11,14H,3-10H2,1-2H3. The molecule has 0 fully saturated rings. The van der Waals surface area contributed by atoms with Crippen molar-refractivity contribution in [3.05, 3.63) is 12.0 Å². The van der Waals surface area contributed by atoms with Crippen molar-refractivity contribution in [1.82, 2.24) is 10.3 Å². The van der Waals surface area contributed by atoms with Gasteiger partial charge in [0.2, 0.25) is 0 Å². The highest BCUT2D eigenvalue weighted by Gasteiger charge is 2.03. The summed E-state index contributed by atoms with van der Waals surface area (Å²) in [5.41, 5.74) is 0.905. The molecule has 0 radical (unpaired) electrons. The largest absolute Gasteiger partial charge is 0.450 e. The molecule has 0 saturated heterocycles. The average molecular weight is 240 g/mol. The third-order valence-corrected chi connectivity index (χ3v) is 2.49. The van der Waals surface area contributed by atoms with E-state index >= 15 is 0 Å². The van der Waals surface area contributed by atoms with E-state index < -0.39 is 0 Å². The van der Waals surface area contributed by atoms with Crippen molar-refractivity contribution in [2.45, 2.75) is 52.5 Å². The van der Waals surface area contributed by atoms with Gasteiger partial charge >= 0.3 is 6.08 Å². The second-order valence-electron chi connectivity index (χ2n) is 4.19. The van der Waals surface area contributed by atoms with E-state index in [9.17, 15) is 0 Å². The first-order valence-corrected chi connectivity index (χ1v) is 6.64. The molecule has 0 aliphatic carbocycles. The Balaban J connectivity index is 2.12. The third-order valence-electron chi connectivity index (χ3n) is 2.49. The van der Waals surface area contributed by atoms with Crippen LogP contribution in [0.1, 0.15) is 51.6 Å². The molecule has 0 aliphatic heterocycles. The molecule has 1 aromatic rings. The van der Waals surface area contributed by atoms with E-state index in [4.69, 9.17) is 9.15 Å². The molecular formula is C13H24N2O2. The van der Waals surface area contributed by atoms with E-state index in [2.05, 4.69) is 24.1 Å². The summed E-state index contributed by atoms with van der Waals surface area (Å²) in [4.78, 5) is 4.25. The maximum atomic E-state index is 5.43. The highest BCUT2D eigenvalue weighted by molar-refractivity contribution is 4.99. The van der Waals surface area contributed by atoms with Crippen LogP contribution in [0.4, 0.5) is 0 Å². The quantitative estimate of drug-likeness (QED) is 0.638. The summed E-state index contributed by atoms with van der Waals surface area (Å²) in [5.74, 6) is 0. The van der Waals surface area contributed by atoms with Gasteiger partial charge in [-0.15, -0.1) is 0 Å². The highest BCUT2D eigenvalue weighted by atomic mass is 16.6. The second-order valence-corrected chi connectivity index (χ2v) is 4.19. The van der Waals surface area contributed by atoms with Crippen molar-refractivity contribution in [3.8, 4) is 6.08 Å². The van der Waals surface area contributed by atoms with E-state index in [0.29, 0.717) is 12.7 Å². The van der Waals surface area contributed by atoms with Crippen LogP contribution in [0.25, 0.3) is 0 Å². The fourth-order valence-corrected chi connectivity index (χ4v) is 1.52. The van der Waals surface area contributed by atoms with E-state index in [0.717, 1.165) is 31.6 Å². The van der Waals surface area contributed by atoms with Gasteiger partial charge in [0, 0.05) is 6.54 Å². The van der Waals surface area contributed by atoms with Crippen LogP contribution < -0.4 is 10.1 Å². The van der Waals surface area contributed by atoms with Gasteiger partial charge < -0.3 is 14.5 Å². The Morgan fingerprint density at radius 1 is 1.24 bits per heavy atom. The first-order valence-electron chi connectivity index (χ1n) is 6.64. The summed E-state index contributed by atoms with van der Waals surface area (Å²) in [6.45, 7) is 6.78. The van der Waals surface area contributed by atoms with Gasteiger partial charge in [0.1, 0.15) is 6.26 Å². The van der Waals surface area contributed by atoms with Crippen molar-refractivity contribution in [3.63, 3.8) is 0 Å². The van der Waals surface area contributed by atoms with Gasteiger partial charge in [-0.2, -0.15) is 4.98 Å². The summed E-state index contributed by atoms with van der Waals surface area (Å²) in [5, 5.41) is 3.27. The number of nitrogens with one attached hydrogen (secondary N) is 1. The molecule has 1 aromatic heterocycles. The minimum Gasteiger partial charge on any atom is -0.450 e. The predicted octanol–water partition coefficient (Wildman–Crippen LogP) is 3.13. The van der Waals surface area contributed by atoms with Crippen LogP contribution in [0, 0.1) is 0 Å². The predicted molar refractivity (Wildman–Crippen MR) is 68.1 cm³/mol. The molecule has 0 unspecified atom stereocenters. The van der Waals surface area contributed by atoms with Crippen LogP contribution in [0.3, 0.4) is 0 Å². The molecule has 1 rings (SSSR count). The number of ether oxygens (including phenoxy) is 1. The lowest BCUT2D eigenvalue weighted by molar-refractivity contribution is 0.224. The lowest BCUT2D eigenvalue weighted by Crippen LogP contribution is -2.13. The molecule has 1 N–H and O–H groups in total. The summed E-state index contributed by atoms with van der Waals surface area (Å²) < 4.78 is 10.7. The monoisotopic (exact) mass is 240 g/mol. The summed E-state index contributed by atoms with van der Waals surface area (Å²) in [6.07, 6.45) is 7.97. The first-order chi connectivity index (χ1) is 8.36. The van der Waals surface area contributed by atoms with Crippen LogP contribution in [0.2, 0.25) is 0 Å².